The second-order valence-corrected chi connectivity index (χ2v) is 7.05. The van der Waals surface area contributed by atoms with Crippen LogP contribution in [0.5, 0.6) is 0 Å². The summed E-state index contributed by atoms with van der Waals surface area (Å²) in [6, 6.07) is 11.7. The zero-order chi connectivity index (χ0) is 18.4. The Labute approximate surface area is 149 Å². The third-order valence-electron chi connectivity index (χ3n) is 4.63. The van der Waals surface area contributed by atoms with Crippen LogP contribution in [0, 0.1) is 5.82 Å². The fourth-order valence-electron chi connectivity index (χ4n) is 2.37. The number of carbonyl (C=O) groups is 1. The zero-order valence-electron chi connectivity index (χ0n) is 15.3. The number of hydrogen-bond acceptors (Lipinski definition) is 3. The molecule has 25 heavy (non-hydrogen) atoms. The minimum atomic E-state index is -0.409. The molecule has 0 spiro atoms. The monoisotopic (exact) mass is 343 g/mol. The smallest absolute Gasteiger partial charge is 0.228 e. The Kier molecular flexibility index (Phi) is 6.26. The van der Waals surface area contributed by atoms with E-state index in [1.165, 1.54) is 12.1 Å². The molecule has 1 N–H and O–H groups in total. The van der Waals surface area contributed by atoms with Crippen molar-refractivity contribution in [1.29, 1.82) is 0 Å². The van der Waals surface area contributed by atoms with Crippen molar-refractivity contribution in [3.63, 3.8) is 0 Å². The normalized spacial score (nSPS) is 12.9. The van der Waals surface area contributed by atoms with E-state index in [2.05, 4.69) is 29.0 Å². The molecule has 0 bridgehead atoms. The van der Waals surface area contributed by atoms with Crippen molar-refractivity contribution in [2.75, 3.05) is 20.6 Å². The van der Waals surface area contributed by atoms with Crippen molar-refractivity contribution in [2.45, 2.75) is 31.7 Å². The average molecular weight is 343 g/mol. The number of nitrogens with one attached hydrogen (secondary N) is 1. The molecule has 1 unspecified atom stereocenters. The maximum absolute atomic E-state index is 13.3. The van der Waals surface area contributed by atoms with Crippen LogP contribution in [0.2, 0.25) is 0 Å². The van der Waals surface area contributed by atoms with Crippen molar-refractivity contribution in [3.8, 4) is 0 Å². The molecule has 1 aromatic carbocycles. The van der Waals surface area contributed by atoms with Crippen LogP contribution < -0.4 is 5.32 Å². The number of nitrogens with zero attached hydrogens (tertiary/aromatic N) is 2. The molecule has 2 rings (SSSR count). The van der Waals surface area contributed by atoms with Gasteiger partial charge in [0.25, 0.3) is 0 Å². The number of halogens is 1. The van der Waals surface area contributed by atoms with Crippen LogP contribution in [0.1, 0.15) is 31.0 Å². The molecule has 0 fully saturated rings. The summed E-state index contributed by atoms with van der Waals surface area (Å²) in [6.45, 7) is 4.66. The number of hydrogen-bond donors (Lipinski definition) is 1. The van der Waals surface area contributed by atoms with Gasteiger partial charge in [-0.2, -0.15) is 0 Å². The number of carbonyl (C=O) groups excluding carboxylic acids is 1. The number of benzene rings is 1. The summed E-state index contributed by atoms with van der Waals surface area (Å²) >= 11 is 0. The lowest BCUT2D eigenvalue weighted by molar-refractivity contribution is -0.123. The van der Waals surface area contributed by atoms with E-state index in [0.29, 0.717) is 13.0 Å². The predicted octanol–water partition coefficient (Wildman–Crippen LogP) is 3.00. The molecule has 1 atom stereocenters. The van der Waals surface area contributed by atoms with Crippen molar-refractivity contribution < 1.29 is 9.18 Å². The maximum atomic E-state index is 13.3. The van der Waals surface area contributed by atoms with Gasteiger partial charge in [-0.25, -0.2) is 4.39 Å². The SMILES string of the molecule is CN(C)C(C)(C)CNC(=O)C(Cc1ccccn1)c1ccc(F)cc1. The molecule has 0 radical (unpaired) electrons. The van der Waals surface area contributed by atoms with Gasteiger partial charge < -0.3 is 10.2 Å². The van der Waals surface area contributed by atoms with Crippen LogP contribution in [-0.4, -0.2) is 42.0 Å². The van der Waals surface area contributed by atoms with Gasteiger partial charge in [0.05, 0.1) is 5.92 Å². The molecule has 5 heteroatoms. The molecule has 0 saturated carbocycles. The summed E-state index contributed by atoms with van der Waals surface area (Å²) in [5.74, 6) is -0.796. The minimum absolute atomic E-state index is 0.0767. The second-order valence-electron chi connectivity index (χ2n) is 7.05. The Morgan fingerprint density at radius 3 is 2.44 bits per heavy atom. The van der Waals surface area contributed by atoms with E-state index in [-0.39, 0.29) is 17.3 Å². The number of amides is 1. The van der Waals surface area contributed by atoms with E-state index >= 15 is 0 Å². The third kappa shape index (κ3) is 5.36. The van der Waals surface area contributed by atoms with Crippen molar-refractivity contribution in [2.24, 2.45) is 0 Å². The van der Waals surface area contributed by atoms with Gasteiger partial charge in [0, 0.05) is 30.4 Å². The lowest BCUT2D eigenvalue weighted by atomic mass is 9.92. The number of likely N-dealkylation sites (N-methyl/N-ethyl adjacent to an activating group) is 1. The van der Waals surface area contributed by atoms with Gasteiger partial charge in [-0.1, -0.05) is 18.2 Å². The Balaban J connectivity index is 2.18. The van der Waals surface area contributed by atoms with Gasteiger partial charge in [0.1, 0.15) is 5.82 Å². The Hall–Kier alpha value is -2.27. The number of pyridine rings is 1. The first-order valence-electron chi connectivity index (χ1n) is 8.40. The molecule has 1 amide bonds. The van der Waals surface area contributed by atoms with Crippen molar-refractivity contribution in [3.05, 3.63) is 65.7 Å². The zero-order valence-corrected chi connectivity index (χ0v) is 15.3. The first kappa shape index (κ1) is 19.1. The summed E-state index contributed by atoms with van der Waals surface area (Å²) in [4.78, 5) is 19.2. The highest BCUT2D eigenvalue weighted by Gasteiger charge is 2.26. The molecule has 0 saturated heterocycles. The number of aromatic nitrogens is 1. The van der Waals surface area contributed by atoms with Gasteiger partial charge >= 0.3 is 0 Å². The van der Waals surface area contributed by atoms with Crippen molar-refractivity contribution >= 4 is 5.91 Å². The molecular formula is C20H26FN3O. The molecule has 0 aliphatic heterocycles. The first-order chi connectivity index (χ1) is 11.8. The minimum Gasteiger partial charge on any atom is -0.354 e. The van der Waals surface area contributed by atoms with Crippen LogP contribution in [0.15, 0.2) is 48.7 Å². The molecule has 1 aromatic heterocycles. The van der Waals surface area contributed by atoms with Crippen LogP contribution >= 0.6 is 0 Å². The second kappa shape index (κ2) is 8.21. The van der Waals surface area contributed by atoms with Gasteiger partial charge in [0.2, 0.25) is 5.91 Å². The molecular weight excluding hydrogens is 317 g/mol. The fraction of sp³-hybridized carbons (Fsp3) is 0.400. The fourth-order valence-corrected chi connectivity index (χ4v) is 2.37. The average Bonchev–Trinajstić information content (AvgIpc) is 2.59. The summed E-state index contributed by atoms with van der Waals surface area (Å²) in [5.41, 5.74) is 1.46. The third-order valence-corrected chi connectivity index (χ3v) is 4.63. The van der Waals surface area contributed by atoms with E-state index in [4.69, 9.17) is 0 Å². The summed E-state index contributed by atoms with van der Waals surface area (Å²) < 4.78 is 13.3. The van der Waals surface area contributed by atoms with Crippen LogP contribution in [0.4, 0.5) is 4.39 Å². The summed E-state index contributed by atoms with van der Waals surface area (Å²) in [6.07, 6.45) is 2.19. The van der Waals surface area contributed by atoms with E-state index in [1.54, 1.807) is 18.3 Å². The molecule has 134 valence electrons. The Morgan fingerprint density at radius 1 is 1.20 bits per heavy atom. The largest absolute Gasteiger partial charge is 0.354 e. The van der Waals surface area contributed by atoms with E-state index < -0.39 is 5.92 Å². The quantitative estimate of drug-likeness (QED) is 0.841. The lowest BCUT2D eigenvalue weighted by Crippen LogP contribution is -2.49. The first-order valence-corrected chi connectivity index (χ1v) is 8.40. The highest BCUT2D eigenvalue weighted by molar-refractivity contribution is 5.84. The van der Waals surface area contributed by atoms with Gasteiger partial charge in [0.15, 0.2) is 0 Å². The standard InChI is InChI=1S/C20H26FN3O/c1-20(2,24(3)4)14-23-19(25)18(13-17-7-5-6-12-22-17)15-8-10-16(21)11-9-15/h5-12,18H,13-14H2,1-4H3,(H,23,25). The van der Waals surface area contributed by atoms with Crippen LogP contribution in [0.25, 0.3) is 0 Å². The van der Waals surface area contributed by atoms with E-state index in [9.17, 15) is 9.18 Å². The van der Waals surface area contributed by atoms with Gasteiger partial charge in [-0.05, 0) is 57.8 Å². The number of rotatable bonds is 7. The van der Waals surface area contributed by atoms with E-state index in [1.807, 2.05) is 32.3 Å². The highest BCUT2D eigenvalue weighted by atomic mass is 19.1. The Morgan fingerprint density at radius 2 is 1.88 bits per heavy atom. The maximum Gasteiger partial charge on any atom is 0.228 e. The molecule has 0 aliphatic carbocycles. The Bertz CT molecular complexity index is 684. The summed E-state index contributed by atoms with van der Waals surface area (Å²) in [5, 5.41) is 3.04. The predicted molar refractivity (Wildman–Crippen MR) is 97.9 cm³/mol. The van der Waals surface area contributed by atoms with Gasteiger partial charge in [-0.15, -0.1) is 0 Å². The van der Waals surface area contributed by atoms with Crippen molar-refractivity contribution in [1.82, 2.24) is 15.2 Å². The topological polar surface area (TPSA) is 45.2 Å². The highest BCUT2D eigenvalue weighted by Crippen LogP contribution is 2.21. The van der Waals surface area contributed by atoms with Crippen LogP contribution in [-0.2, 0) is 11.2 Å². The molecule has 2 aromatic rings. The van der Waals surface area contributed by atoms with E-state index in [0.717, 1.165) is 11.3 Å². The molecule has 1 heterocycles. The molecule has 0 aliphatic rings. The van der Waals surface area contributed by atoms with Gasteiger partial charge in [-0.3, -0.25) is 9.78 Å². The van der Waals surface area contributed by atoms with Crippen LogP contribution in [0.3, 0.4) is 0 Å². The lowest BCUT2D eigenvalue weighted by Gasteiger charge is -2.33. The summed E-state index contributed by atoms with van der Waals surface area (Å²) in [7, 11) is 3.97. The molecule has 4 nitrogen and oxygen atoms in total.